The lowest BCUT2D eigenvalue weighted by Crippen LogP contribution is -2.30. The number of nitriles is 1. The number of hydrogen-bond donors (Lipinski definition) is 0. The van der Waals surface area contributed by atoms with Gasteiger partial charge in [-0.1, -0.05) is 0 Å². The fraction of sp³-hybridized carbons (Fsp3) is 0.385. The smallest absolute Gasteiger partial charge is 0.325 e. The summed E-state index contributed by atoms with van der Waals surface area (Å²) in [5.74, 6) is -0.250. The Hall–Kier alpha value is -1.54. The van der Waals surface area contributed by atoms with Crippen molar-refractivity contribution in [2.75, 3.05) is 24.6 Å². The molecular weight excluding hydrogens is 296 g/mol. The van der Waals surface area contributed by atoms with E-state index in [2.05, 4.69) is 22.0 Å². The van der Waals surface area contributed by atoms with E-state index in [4.69, 9.17) is 10.00 Å². The molecule has 0 radical (unpaired) electrons. The number of esters is 1. The van der Waals surface area contributed by atoms with Crippen molar-refractivity contribution in [1.82, 2.24) is 0 Å². The third-order valence-electron chi connectivity index (χ3n) is 2.45. The molecule has 0 aliphatic rings. The van der Waals surface area contributed by atoms with Crippen molar-refractivity contribution in [2.24, 2.45) is 0 Å². The average Bonchev–Trinajstić information content (AvgIpc) is 2.36. The van der Waals surface area contributed by atoms with Crippen molar-refractivity contribution < 1.29 is 9.53 Å². The van der Waals surface area contributed by atoms with E-state index in [0.29, 0.717) is 18.7 Å². The Kier molecular flexibility index (Phi) is 5.66. The van der Waals surface area contributed by atoms with Crippen molar-refractivity contribution in [2.45, 2.75) is 13.8 Å². The van der Waals surface area contributed by atoms with Crippen LogP contribution in [-0.4, -0.2) is 25.7 Å². The molecule has 0 bridgehead atoms. The first-order valence-electron chi connectivity index (χ1n) is 5.72. The van der Waals surface area contributed by atoms with Crippen LogP contribution >= 0.6 is 15.9 Å². The molecule has 0 aliphatic carbocycles. The van der Waals surface area contributed by atoms with Gasteiger partial charge in [0.25, 0.3) is 0 Å². The van der Waals surface area contributed by atoms with Crippen molar-refractivity contribution >= 4 is 27.6 Å². The van der Waals surface area contributed by atoms with Gasteiger partial charge in [0.05, 0.1) is 12.2 Å². The normalized spacial score (nSPS) is 9.67. The van der Waals surface area contributed by atoms with E-state index in [1.165, 1.54) is 0 Å². The van der Waals surface area contributed by atoms with Gasteiger partial charge in [-0.05, 0) is 48.0 Å². The minimum absolute atomic E-state index is 0.211. The van der Waals surface area contributed by atoms with Crippen LogP contribution in [0.15, 0.2) is 22.7 Å². The van der Waals surface area contributed by atoms with Gasteiger partial charge in [0, 0.05) is 16.7 Å². The predicted molar refractivity (Wildman–Crippen MR) is 73.4 cm³/mol. The molecule has 1 rings (SSSR count). The van der Waals surface area contributed by atoms with Gasteiger partial charge in [-0.15, -0.1) is 0 Å². The third-order valence-corrected chi connectivity index (χ3v) is 3.10. The molecule has 1 aromatic carbocycles. The topological polar surface area (TPSA) is 53.3 Å². The Bertz CT molecular complexity index is 469. The molecule has 0 atom stereocenters. The summed E-state index contributed by atoms with van der Waals surface area (Å²) in [4.78, 5) is 13.4. The van der Waals surface area contributed by atoms with Gasteiger partial charge in [0.2, 0.25) is 0 Å². The lowest BCUT2D eigenvalue weighted by atomic mass is 10.2. The summed E-state index contributed by atoms with van der Waals surface area (Å²) in [5, 5.41) is 8.85. The zero-order chi connectivity index (χ0) is 13.5. The van der Waals surface area contributed by atoms with E-state index < -0.39 is 0 Å². The molecule has 0 aromatic heterocycles. The van der Waals surface area contributed by atoms with Crippen molar-refractivity contribution in [3.8, 4) is 6.07 Å². The molecule has 0 spiro atoms. The van der Waals surface area contributed by atoms with Crippen LogP contribution in [0.1, 0.15) is 19.4 Å². The number of rotatable bonds is 5. The highest BCUT2D eigenvalue weighted by atomic mass is 79.9. The molecule has 0 N–H and O–H groups in total. The molecule has 0 unspecified atom stereocenters. The Morgan fingerprint density at radius 3 is 2.72 bits per heavy atom. The number of carbonyl (C=O) groups is 1. The highest BCUT2D eigenvalue weighted by Crippen LogP contribution is 2.23. The SMILES string of the molecule is CCOC(=O)CN(CC)c1ccc(C#N)c(Br)c1. The maximum atomic E-state index is 11.5. The van der Waals surface area contributed by atoms with Crippen molar-refractivity contribution in [1.29, 1.82) is 5.26 Å². The van der Waals surface area contributed by atoms with Crippen molar-refractivity contribution in [3.05, 3.63) is 28.2 Å². The quantitative estimate of drug-likeness (QED) is 0.785. The Labute approximate surface area is 115 Å². The fourth-order valence-corrected chi connectivity index (χ4v) is 1.99. The second-order valence-electron chi connectivity index (χ2n) is 3.60. The number of likely N-dealkylation sites (N-methyl/N-ethyl adjacent to an activating group) is 1. The molecule has 5 heteroatoms. The van der Waals surface area contributed by atoms with Gasteiger partial charge in [-0.25, -0.2) is 0 Å². The lowest BCUT2D eigenvalue weighted by Gasteiger charge is -2.22. The van der Waals surface area contributed by atoms with Crippen LogP contribution in [-0.2, 0) is 9.53 Å². The van der Waals surface area contributed by atoms with Gasteiger partial charge in [-0.3, -0.25) is 4.79 Å². The number of hydrogen-bond acceptors (Lipinski definition) is 4. The van der Waals surface area contributed by atoms with Crippen LogP contribution in [0.4, 0.5) is 5.69 Å². The van der Waals surface area contributed by atoms with Crippen LogP contribution in [0.3, 0.4) is 0 Å². The number of carbonyl (C=O) groups excluding carboxylic acids is 1. The third kappa shape index (κ3) is 3.74. The fourth-order valence-electron chi connectivity index (χ4n) is 1.54. The van der Waals surface area contributed by atoms with E-state index in [1.807, 2.05) is 24.0 Å². The Balaban J connectivity index is 2.86. The highest BCUT2D eigenvalue weighted by Gasteiger charge is 2.12. The number of halogens is 1. The second kappa shape index (κ2) is 7.02. The molecule has 4 nitrogen and oxygen atoms in total. The summed E-state index contributed by atoms with van der Waals surface area (Å²) in [7, 11) is 0. The number of nitrogens with zero attached hydrogens (tertiary/aromatic N) is 2. The highest BCUT2D eigenvalue weighted by molar-refractivity contribution is 9.10. The summed E-state index contributed by atoms with van der Waals surface area (Å²) in [6.45, 7) is 5.03. The molecule has 18 heavy (non-hydrogen) atoms. The first-order valence-corrected chi connectivity index (χ1v) is 6.51. The van der Waals surface area contributed by atoms with Gasteiger partial charge < -0.3 is 9.64 Å². The Morgan fingerprint density at radius 2 is 2.22 bits per heavy atom. The van der Waals surface area contributed by atoms with Gasteiger partial charge in [0.15, 0.2) is 0 Å². The van der Waals surface area contributed by atoms with E-state index >= 15 is 0 Å². The summed E-state index contributed by atoms with van der Waals surface area (Å²) in [6, 6.07) is 7.47. The molecule has 0 saturated carbocycles. The molecule has 96 valence electrons. The second-order valence-corrected chi connectivity index (χ2v) is 4.45. The first-order chi connectivity index (χ1) is 8.62. The van der Waals surface area contributed by atoms with Crippen LogP contribution in [0, 0.1) is 11.3 Å². The van der Waals surface area contributed by atoms with Gasteiger partial charge in [-0.2, -0.15) is 5.26 Å². The van der Waals surface area contributed by atoms with Crippen LogP contribution < -0.4 is 4.90 Å². The van der Waals surface area contributed by atoms with Gasteiger partial charge >= 0.3 is 5.97 Å². The molecule has 0 fully saturated rings. The monoisotopic (exact) mass is 310 g/mol. The molecule has 0 saturated heterocycles. The molecular formula is C13H15BrN2O2. The predicted octanol–water partition coefficient (Wildman–Crippen LogP) is 2.71. The van der Waals surface area contributed by atoms with Crippen LogP contribution in [0.5, 0.6) is 0 Å². The summed E-state index contributed by atoms with van der Waals surface area (Å²) >= 11 is 3.34. The standard InChI is InChI=1S/C13H15BrN2O2/c1-3-16(9-13(17)18-4-2)11-6-5-10(8-15)12(14)7-11/h5-7H,3-4,9H2,1-2H3. The molecule has 0 heterocycles. The maximum absolute atomic E-state index is 11.5. The lowest BCUT2D eigenvalue weighted by molar-refractivity contribution is -0.141. The molecule has 1 aromatic rings. The van der Waals surface area contributed by atoms with E-state index in [0.717, 1.165) is 10.2 Å². The first kappa shape index (κ1) is 14.5. The Morgan fingerprint density at radius 1 is 1.50 bits per heavy atom. The van der Waals surface area contributed by atoms with Crippen molar-refractivity contribution in [3.63, 3.8) is 0 Å². The van der Waals surface area contributed by atoms with E-state index in [1.54, 1.807) is 13.0 Å². The largest absolute Gasteiger partial charge is 0.465 e. The average molecular weight is 311 g/mol. The summed E-state index contributed by atoms with van der Waals surface area (Å²) in [6.07, 6.45) is 0. The minimum Gasteiger partial charge on any atom is -0.465 e. The zero-order valence-electron chi connectivity index (χ0n) is 10.4. The minimum atomic E-state index is -0.250. The number of benzene rings is 1. The number of ether oxygens (including phenoxy) is 1. The zero-order valence-corrected chi connectivity index (χ0v) is 12.0. The van der Waals surface area contributed by atoms with Gasteiger partial charge in [0.1, 0.15) is 12.6 Å². The maximum Gasteiger partial charge on any atom is 0.325 e. The molecule has 0 aliphatic heterocycles. The van der Waals surface area contributed by atoms with Crippen LogP contribution in [0.2, 0.25) is 0 Å². The summed E-state index contributed by atoms with van der Waals surface area (Å²) < 4.78 is 5.65. The van der Waals surface area contributed by atoms with Crippen LogP contribution in [0.25, 0.3) is 0 Å². The molecule has 0 amide bonds. The van der Waals surface area contributed by atoms with E-state index in [-0.39, 0.29) is 12.5 Å². The summed E-state index contributed by atoms with van der Waals surface area (Å²) in [5.41, 5.74) is 1.46. The number of anilines is 1. The van der Waals surface area contributed by atoms with E-state index in [9.17, 15) is 4.79 Å².